The molecular weight excluding hydrogens is 340 g/mol. The van der Waals surface area contributed by atoms with Crippen molar-refractivity contribution in [2.45, 2.75) is 19.8 Å². The maximum Gasteiger partial charge on any atom is 0.274 e. The summed E-state index contributed by atoms with van der Waals surface area (Å²) in [5.74, 6) is -0.129. The molecular formula is C21H22N4O2. The molecule has 0 bridgehead atoms. The van der Waals surface area contributed by atoms with E-state index in [-0.39, 0.29) is 17.7 Å². The van der Waals surface area contributed by atoms with E-state index in [1.165, 1.54) is 0 Å². The SMILES string of the molecule is Cc1ccc2[nH]nc(C(=O)N3CCC(C(=O)Nc4ccccc4)CC3)c2c1. The topological polar surface area (TPSA) is 78.1 Å². The fourth-order valence-corrected chi connectivity index (χ4v) is 3.55. The van der Waals surface area contributed by atoms with Crippen molar-refractivity contribution in [3.8, 4) is 0 Å². The third-order valence-electron chi connectivity index (χ3n) is 5.12. The molecule has 0 saturated carbocycles. The number of carbonyl (C=O) groups excluding carboxylic acids is 2. The Bertz CT molecular complexity index is 972. The minimum absolute atomic E-state index is 0.0224. The summed E-state index contributed by atoms with van der Waals surface area (Å²) in [7, 11) is 0. The minimum Gasteiger partial charge on any atom is -0.337 e. The number of aromatic nitrogens is 2. The predicted molar refractivity (Wildman–Crippen MR) is 105 cm³/mol. The first-order valence-electron chi connectivity index (χ1n) is 9.22. The number of benzene rings is 2. The Hall–Kier alpha value is -3.15. The molecule has 0 spiro atoms. The lowest BCUT2D eigenvalue weighted by atomic mass is 9.95. The first-order chi connectivity index (χ1) is 13.1. The monoisotopic (exact) mass is 362 g/mol. The van der Waals surface area contributed by atoms with Crippen molar-refractivity contribution in [1.82, 2.24) is 15.1 Å². The molecule has 0 aliphatic carbocycles. The number of piperidine rings is 1. The van der Waals surface area contributed by atoms with E-state index >= 15 is 0 Å². The van der Waals surface area contributed by atoms with Gasteiger partial charge in [0, 0.05) is 30.1 Å². The molecule has 2 aromatic carbocycles. The van der Waals surface area contributed by atoms with Crippen LogP contribution < -0.4 is 5.32 Å². The standard InChI is InChI=1S/C21H22N4O2/c1-14-7-8-18-17(13-14)19(24-23-18)21(27)25-11-9-15(10-12-25)20(26)22-16-5-3-2-4-6-16/h2-8,13,15H,9-12H2,1H3,(H,22,26)(H,23,24). The summed E-state index contributed by atoms with van der Waals surface area (Å²) in [4.78, 5) is 27.1. The third-order valence-corrected chi connectivity index (χ3v) is 5.12. The number of hydrogen-bond acceptors (Lipinski definition) is 3. The number of anilines is 1. The van der Waals surface area contributed by atoms with Gasteiger partial charge in [0.1, 0.15) is 0 Å². The van der Waals surface area contributed by atoms with Gasteiger partial charge < -0.3 is 10.2 Å². The van der Waals surface area contributed by atoms with Crippen LogP contribution in [0.2, 0.25) is 0 Å². The van der Waals surface area contributed by atoms with Gasteiger partial charge in [0.15, 0.2) is 5.69 Å². The summed E-state index contributed by atoms with van der Waals surface area (Å²) < 4.78 is 0. The van der Waals surface area contributed by atoms with E-state index in [0.29, 0.717) is 31.6 Å². The van der Waals surface area contributed by atoms with E-state index in [1.807, 2.05) is 55.5 Å². The minimum atomic E-state index is -0.0765. The maximum atomic E-state index is 12.9. The van der Waals surface area contributed by atoms with Crippen LogP contribution in [0.25, 0.3) is 10.9 Å². The van der Waals surface area contributed by atoms with Crippen LogP contribution in [-0.4, -0.2) is 40.0 Å². The highest BCUT2D eigenvalue weighted by Crippen LogP contribution is 2.23. The van der Waals surface area contributed by atoms with E-state index in [9.17, 15) is 9.59 Å². The van der Waals surface area contributed by atoms with Gasteiger partial charge in [-0.2, -0.15) is 5.10 Å². The fourth-order valence-electron chi connectivity index (χ4n) is 3.55. The molecule has 1 aliphatic heterocycles. The van der Waals surface area contributed by atoms with Gasteiger partial charge in [-0.25, -0.2) is 0 Å². The number of aromatic amines is 1. The average molecular weight is 362 g/mol. The highest BCUT2D eigenvalue weighted by atomic mass is 16.2. The number of para-hydroxylation sites is 1. The van der Waals surface area contributed by atoms with Crippen molar-refractivity contribution in [3.05, 3.63) is 59.8 Å². The van der Waals surface area contributed by atoms with Gasteiger partial charge in [-0.15, -0.1) is 0 Å². The quantitative estimate of drug-likeness (QED) is 0.750. The average Bonchev–Trinajstić information content (AvgIpc) is 3.11. The lowest BCUT2D eigenvalue weighted by Crippen LogP contribution is -2.41. The van der Waals surface area contributed by atoms with Crippen LogP contribution >= 0.6 is 0 Å². The van der Waals surface area contributed by atoms with Crippen LogP contribution in [0, 0.1) is 12.8 Å². The Labute approximate surface area is 157 Å². The third kappa shape index (κ3) is 3.56. The van der Waals surface area contributed by atoms with Crippen molar-refractivity contribution in [3.63, 3.8) is 0 Å². The van der Waals surface area contributed by atoms with Crippen LogP contribution in [0.3, 0.4) is 0 Å². The van der Waals surface area contributed by atoms with Crippen LogP contribution in [-0.2, 0) is 4.79 Å². The molecule has 138 valence electrons. The number of H-pyrrole nitrogens is 1. The molecule has 6 heteroatoms. The van der Waals surface area contributed by atoms with Crippen molar-refractivity contribution in [2.24, 2.45) is 5.92 Å². The molecule has 0 atom stereocenters. The summed E-state index contributed by atoms with van der Waals surface area (Å²) in [6.45, 7) is 3.12. The molecule has 1 aliphatic rings. The number of rotatable bonds is 3. The first-order valence-corrected chi connectivity index (χ1v) is 9.22. The molecule has 6 nitrogen and oxygen atoms in total. The maximum absolute atomic E-state index is 12.9. The number of hydrogen-bond donors (Lipinski definition) is 2. The largest absolute Gasteiger partial charge is 0.337 e. The molecule has 1 fully saturated rings. The van der Waals surface area contributed by atoms with Crippen LogP contribution in [0.1, 0.15) is 28.9 Å². The normalized spacial score (nSPS) is 15.1. The summed E-state index contributed by atoms with van der Waals surface area (Å²) in [6.07, 6.45) is 1.32. The zero-order valence-corrected chi connectivity index (χ0v) is 15.2. The number of aryl methyl sites for hydroxylation is 1. The number of amides is 2. The molecule has 3 aromatic rings. The number of nitrogens with zero attached hydrogens (tertiary/aromatic N) is 2. The molecule has 27 heavy (non-hydrogen) atoms. The molecule has 0 unspecified atom stereocenters. The fraction of sp³-hybridized carbons (Fsp3) is 0.286. The predicted octanol–water partition coefficient (Wildman–Crippen LogP) is 3.36. The van der Waals surface area contributed by atoms with Gasteiger partial charge in [0.25, 0.3) is 5.91 Å². The smallest absolute Gasteiger partial charge is 0.274 e. The lowest BCUT2D eigenvalue weighted by Gasteiger charge is -2.31. The molecule has 0 radical (unpaired) electrons. The first kappa shape index (κ1) is 17.3. The van der Waals surface area contributed by atoms with Crippen molar-refractivity contribution in [1.29, 1.82) is 0 Å². The Morgan fingerprint density at radius 1 is 1.11 bits per heavy atom. The van der Waals surface area contributed by atoms with Gasteiger partial charge in [0.05, 0.1) is 5.52 Å². The second-order valence-electron chi connectivity index (χ2n) is 7.04. The van der Waals surface area contributed by atoms with Gasteiger partial charge in [-0.1, -0.05) is 29.8 Å². The summed E-state index contributed by atoms with van der Waals surface area (Å²) >= 11 is 0. The van der Waals surface area contributed by atoms with E-state index in [2.05, 4.69) is 15.5 Å². The second kappa shape index (κ2) is 7.23. The van der Waals surface area contributed by atoms with E-state index in [4.69, 9.17) is 0 Å². The Balaban J connectivity index is 1.40. The molecule has 2 heterocycles. The Kier molecular flexibility index (Phi) is 4.62. The molecule has 1 aromatic heterocycles. The summed E-state index contributed by atoms with van der Waals surface area (Å²) in [5.41, 5.74) is 3.22. The molecule has 1 saturated heterocycles. The van der Waals surface area contributed by atoms with Gasteiger partial charge in [-0.3, -0.25) is 14.7 Å². The number of fused-ring (bicyclic) bond motifs is 1. The van der Waals surface area contributed by atoms with E-state index < -0.39 is 0 Å². The van der Waals surface area contributed by atoms with Gasteiger partial charge in [0.2, 0.25) is 5.91 Å². The van der Waals surface area contributed by atoms with E-state index in [0.717, 1.165) is 22.2 Å². The summed E-state index contributed by atoms with van der Waals surface area (Å²) in [5, 5.41) is 11.0. The van der Waals surface area contributed by atoms with Crippen LogP contribution in [0.15, 0.2) is 48.5 Å². The number of nitrogens with one attached hydrogen (secondary N) is 2. The Morgan fingerprint density at radius 2 is 1.85 bits per heavy atom. The highest BCUT2D eigenvalue weighted by molar-refractivity contribution is 6.05. The number of carbonyl (C=O) groups is 2. The van der Waals surface area contributed by atoms with Gasteiger partial charge in [-0.05, 0) is 44.0 Å². The lowest BCUT2D eigenvalue weighted by molar-refractivity contribution is -0.121. The van der Waals surface area contributed by atoms with Crippen LogP contribution in [0.5, 0.6) is 0 Å². The molecule has 2 amide bonds. The molecule has 4 rings (SSSR count). The van der Waals surface area contributed by atoms with Crippen LogP contribution in [0.4, 0.5) is 5.69 Å². The zero-order valence-electron chi connectivity index (χ0n) is 15.2. The second-order valence-corrected chi connectivity index (χ2v) is 7.04. The van der Waals surface area contributed by atoms with Gasteiger partial charge >= 0.3 is 0 Å². The van der Waals surface area contributed by atoms with Crippen molar-refractivity contribution < 1.29 is 9.59 Å². The van der Waals surface area contributed by atoms with Crippen molar-refractivity contribution in [2.75, 3.05) is 18.4 Å². The zero-order chi connectivity index (χ0) is 18.8. The highest BCUT2D eigenvalue weighted by Gasteiger charge is 2.29. The number of likely N-dealkylation sites (tertiary alicyclic amines) is 1. The van der Waals surface area contributed by atoms with Crippen molar-refractivity contribution >= 4 is 28.4 Å². The van der Waals surface area contributed by atoms with E-state index in [1.54, 1.807) is 4.90 Å². The summed E-state index contributed by atoms with van der Waals surface area (Å²) in [6, 6.07) is 15.4. The molecule has 2 N–H and O–H groups in total. The Morgan fingerprint density at radius 3 is 2.59 bits per heavy atom.